The molecule has 9 heteroatoms. The molecule has 2 rings (SSSR count). The predicted molar refractivity (Wildman–Crippen MR) is 147 cm³/mol. The minimum absolute atomic E-state index is 0.0156. The molecule has 0 spiro atoms. The average molecular weight is 536 g/mol. The van der Waals surface area contributed by atoms with E-state index in [1.54, 1.807) is 19.1 Å². The molecular weight excluding hydrogens is 498 g/mol. The lowest BCUT2D eigenvalue weighted by Crippen LogP contribution is -2.49. The summed E-state index contributed by atoms with van der Waals surface area (Å²) < 4.78 is 26.5. The van der Waals surface area contributed by atoms with Gasteiger partial charge in [-0.1, -0.05) is 48.9 Å². The average Bonchev–Trinajstić information content (AvgIpc) is 2.82. The number of rotatable bonds is 12. The molecule has 0 aliphatic heterocycles. The fourth-order valence-electron chi connectivity index (χ4n) is 3.85. The van der Waals surface area contributed by atoms with Crippen molar-refractivity contribution in [1.82, 2.24) is 10.2 Å². The number of hydrogen-bond acceptors (Lipinski definition) is 4. The van der Waals surface area contributed by atoms with Crippen molar-refractivity contribution < 1.29 is 18.0 Å². The number of nitrogens with zero attached hydrogens (tertiary/aromatic N) is 2. The highest BCUT2D eigenvalue weighted by Gasteiger charge is 2.28. The van der Waals surface area contributed by atoms with Gasteiger partial charge in [0, 0.05) is 30.6 Å². The molecule has 0 aromatic heterocycles. The Morgan fingerprint density at radius 1 is 1.06 bits per heavy atom. The maximum Gasteiger partial charge on any atom is 0.242 e. The van der Waals surface area contributed by atoms with Crippen LogP contribution >= 0.6 is 11.6 Å². The van der Waals surface area contributed by atoms with E-state index in [0.29, 0.717) is 17.1 Å². The summed E-state index contributed by atoms with van der Waals surface area (Å²) in [5, 5.41) is 3.46. The second-order valence-corrected chi connectivity index (χ2v) is 11.6. The van der Waals surface area contributed by atoms with E-state index in [-0.39, 0.29) is 37.4 Å². The molecule has 0 aliphatic carbocycles. The molecule has 0 bridgehead atoms. The number of carbonyl (C=O) groups is 2. The molecule has 7 nitrogen and oxygen atoms in total. The fraction of sp³-hybridized carbons (Fsp3) is 0.481. The van der Waals surface area contributed by atoms with Gasteiger partial charge in [0.2, 0.25) is 21.8 Å². The number of anilines is 1. The molecule has 36 heavy (non-hydrogen) atoms. The molecule has 0 saturated heterocycles. The van der Waals surface area contributed by atoms with Crippen LogP contribution in [0.15, 0.2) is 42.5 Å². The van der Waals surface area contributed by atoms with E-state index in [2.05, 4.69) is 5.32 Å². The molecule has 0 saturated carbocycles. The summed E-state index contributed by atoms with van der Waals surface area (Å²) in [7, 11) is -3.55. The van der Waals surface area contributed by atoms with Gasteiger partial charge < -0.3 is 10.2 Å². The first-order valence-corrected chi connectivity index (χ1v) is 14.5. The third kappa shape index (κ3) is 7.96. The molecule has 198 valence electrons. The number of amides is 2. The summed E-state index contributed by atoms with van der Waals surface area (Å²) in [6.45, 7) is 9.75. The number of nitrogens with one attached hydrogen (secondary N) is 1. The second-order valence-electron chi connectivity index (χ2n) is 9.26. The van der Waals surface area contributed by atoms with Crippen molar-refractivity contribution in [3.63, 3.8) is 0 Å². The largest absolute Gasteiger partial charge is 0.352 e. The van der Waals surface area contributed by atoms with E-state index < -0.39 is 16.1 Å². The molecule has 0 fully saturated rings. The van der Waals surface area contributed by atoms with Crippen molar-refractivity contribution in [2.45, 2.75) is 72.5 Å². The Balaban J connectivity index is 2.22. The number of carbonyl (C=O) groups excluding carboxylic acids is 2. The zero-order valence-corrected chi connectivity index (χ0v) is 23.6. The minimum Gasteiger partial charge on any atom is -0.352 e. The molecule has 1 N–H and O–H groups in total. The number of hydrogen-bond donors (Lipinski definition) is 1. The van der Waals surface area contributed by atoms with Gasteiger partial charge in [-0.25, -0.2) is 8.42 Å². The quantitative estimate of drug-likeness (QED) is 0.421. The van der Waals surface area contributed by atoms with Crippen LogP contribution in [0, 0.1) is 13.8 Å². The molecule has 0 heterocycles. The lowest BCUT2D eigenvalue weighted by molar-refractivity contribution is -0.140. The van der Waals surface area contributed by atoms with Gasteiger partial charge in [-0.15, -0.1) is 0 Å². The van der Waals surface area contributed by atoms with Crippen LogP contribution in [0.5, 0.6) is 0 Å². The van der Waals surface area contributed by atoms with E-state index >= 15 is 0 Å². The van der Waals surface area contributed by atoms with Crippen LogP contribution < -0.4 is 9.62 Å². The Hall–Kier alpha value is -2.58. The maximum atomic E-state index is 13.4. The molecule has 0 aliphatic rings. The summed E-state index contributed by atoms with van der Waals surface area (Å²) in [6.07, 6.45) is 2.33. The molecule has 2 amide bonds. The van der Waals surface area contributed by atoms with Crippen molar-refractivity contribution in [2.24, 2.45) is 0 Å². The van der Waals surface area contributed by atoms with E-state index in [4.69, 9.17) is 11.6 Å². The van der Waals surface area contributed by atoms with Crippen molar-refractivity contribution in [3.05, 3.63) is 64.2 Å². The smallest absolute Gasteiger partial charge is 0.242 e. The first-order chi connectivity index (χ1) is 16.9. The summed E-state index contributed by atoms with van der Waals surface area (Å²) in [6, 6.07) is 12.0. The standard InChI is InChI=1S/C27H38ClN3O4S/c1-7-20(3)29-27(33)22(5)30(18-23-13-8-9-14-24(23)28)26(32)16-11-17-31(36(6,34)35)25-15-10-12-19(2)21(25)4/h8-10,12-15,20,22H,7,11,16-18H2,1-6H3,(H,29,33)/t20-,22+/m1/s1. The molecule has 0 unspecified atom stereocenters. The maximum absolute atomic E-state index is 13.4. The Bertz CT molecular complexity index is 1170. The Morgan fingerprint density at radius 2 is 1.72 bits per heavy atom. The summed E-state index contributed by atoms with van der Waals surface area (Å²) in [4.78, 5) is 27.8. The van der Waals surface area contributed by atoms with Crippen LogP contribution in [0.2, 0.25) is 5.02 Å². The molecule has 2 aromatic carbocycles. The van der Waals surface area contributed by atoms with Gasteiger partial charge in [-0.05, 0) is 69.4 Å². The fourth-order valence-corrected chi connectivity index (χ4v) is 5.06. The molecule has 0 radical (unpaired) electrons. The van der Waals surface area contributed by atoms with Crippen LogP contribution in [-0.2, 0) is 26.2 Å². The molecule has 2 atom stereocenters. The van der Waals surface area contributed by atoms with Gasteiger partial charge in [-0.2, -0.15) is 0 Å². The van der Waals surface area contributed by atoms with Crippen LogP contribution in [0.3, 0.4) is 0 Å². The Morgan fingerprint density at radius 3 is 2.33 bits per heavy atom. The van der Waals surface area contributed by atoms with Crippen LogP contribution in [-0.4, -0.2) is 50.0 Å². The van der Waals surface area contributed by atoms with Crippen molar-refractivity contribution in [1.29, 1.82) is 0 Å². The SMILES string of the molecule is CC[C@@H](C)NC(=O)[C@H](C)N(Cc1ccccc1Cl)C(=O)CCCN(c1cccc(C)c1C)S(C)(=O)=O. The highest BCUT2D eigenvalue weighted by Crippen LogP contribution is 2.26. The Labute approximate surface area is 220 Å². The van der Waals surface area contributed by atoms with Crippen LogP contribution in [0.4, 0.5) is 5.69 Å². The van der Waals surface area contributed by atoms with Crippen LogP contribution in [0.1, 0.15) is 56.7 Å². The highest BCUT2D eigenvalue weighted by atomic mass is 35.5. The van der Waals surface area contributed by atoms with Crippen molar-refractivity contribution in [3.8, 4) is 0 Å². The Kier molecular flexibility index (Phi) is 10.8. The number of benzene rings is 2. The van der Waals surface area contributed by atoms with E-state index in [0.717, 1.165) is 23.1 Å². The predicted octanol–water partition coefficient (Wildman–Crippen LogP) is 4.84. The summed E-state index contributed by atoms with van der Waals surface area (Å²) >= 11 is 6.34. The topological polar surface area (TPSA) is 86.8 Å². The summed E-state index contributed by atoms with van der Waals surface area (Å²) in [5.41, 5.74) is 3.22. The van der Waals surface area contributed by atoms with E-state index in [1.165, 1.54) is 15.5 Å². The lowest BCUT2D eigenvalue weighted by Gasteiger charge is -2.30. The first-order valence-electron chi connectivity index (χ1n) is 12.2. The summed E-state index contributed by atoms with van der Waals surface area (Å²) in [5.74, 6) is -0.478. The first kappa shape index (κ1) is 29.6. The normalized spacial score (nSPS) is 13.1. The third-order valence-corrected chi connectivity index (χ3v) is 8.01. The van der Waals surface area contributed by atoms with E-state index in [9.17, 15) is 18.0 Å². The number of sulfonamides is 1. The van der Waals surface area contributed by atoms with E-state index in [1.807, 2.05) is 58.0 Å². The van der Waals surface area contributed by atoms with Gasteiger partial charge >= 0.3 is 0 Å². The van der Waals surface area contributed by atoms with Crippen molar-refractivity contribution >= 4 is 39.1 Å². The van der Waals surface area contributed by atoms with Gasteiger partial charge in [0.1, 0.15) is 6.04 Å². The van der Waals surface area contributed by atoms with Crippen LogP contribution in [0.25, 0.3) is 0 Å². The van der Waals surface area contributed by atoms with Crippen molar-refractivity contribution in [2.75, 3.05) is 17.1 Å². The minimum atomic E-state index is -3.55. The highest BCUT2D eigenvalue weighted by molar-refractivity contribution is 7.92. The monoisotopic (exact) mass is 535 g/mol. The molecular formula is C27H38ClN3O4S. The van der Waals surface area contributed by atoms with Gasteiger partial charge in [0.15, 0.2) is 0 Å². The molecule has 2 aromatic rings. The van der Waals surface area contributed by atoms with Gasteiger partial charge in [-0.3, -0.25) is 13.9 Å². The lowest BCUT2D eigenvalue weighted by atomic mass is 10.1. The number of aryl methyl sites for hydroxylation is 1. The third-order valence-electron chi connectivity index (χ3n) is 6.46. The van der Waals surface area contributed by atoms with Gasteiger partial charge in [0.05, 0.1) is 11.9 Å². The van der Waals surface area contributed by atoms with Gasteiger partial charge in [0.25, 0.3) is 0 Å². The zero-order chi connectivity index (χ0) is 27.0. The second kappa shape index (κ2) is 13.1. The zero-order valence-electron chi connectivity index (χ0n) is 22.0. The number of halogens is 1.